The predicted molar refractivity (Wildman–Crippen MR) is 67.7 cm³/mol. The van der Waals surface area contributed by atoms with Crippen molar-refractivity contribution in [3.63, 3.8) is 0 Å². The molecular weight excluding hydrogens is 268 g/mol. The Kier molecular flexibility index (Phi) is 2.92. The molecule has 1 heterocycles. The number of hydrogen-bond acceptors (Lipinski definition) is 3. The quantitative estimate of drug-likeness (QED) is 0.859. The van der Waals surface area contributed by atoms with Gasteiger partial charge in [-0.2, -0.15) is 0 Å². The van der Waals surface area contributed by atoms with Crippen molar-refractivity contribution in [1.29, 1.82) is 0 Å². The van der Waals surface area contributed by atoms with Gasteiger partial charge >= 0.3 is 0 Å². The second-order valence-corrected chi connectivity index (χ2v) is 6.00. The Morgan fingerprint density at radius 1 is 1.56 bits per heavy atom. The Hall–Kier alpha value is -0.680. The van der Waals surface area contributed by atoms with E-state index in [-0.39, 0.29) is 11.5 Å². The number of nitrogens with two attached hydrogens (primary N) is 1. The largest absolute Gasteiger partial charge is 0.324 e. The summed E-state index contributed by atoms with van der Waals surface area (Å²) in [6.07, 6.45) is 4.18. The fourth-order valence-electron chi connectivity index (χ4n) is 2.44. The second kappa shape index (κ2) is 3.96. The third kappa shape index (κ3) is 2.20. The van der Waals surface area contributed by atoms with Crippen LogP contribution in [0.1, 0.15) is 32.4 Å². The lowest BCUT2D eigenvalue weighted by Gasteiger charge is -2.33. The molecule has 2 N–H and O–H groups in total. The smallest absolute Gasteiger partial charge is 0.155 e. The third-order valence-electron chi connectivity index (χ3n) is 2.96. The molecule has 0 spiro atoms. The van der Waals surface area contributed by atoms with Gasteiger partial charge in [-0.05, 0) is 39.8 Å². The van der Waals surface area contributed by atoms with Crippen molar-refractivity contribution in [2.45, 2.75) is 32.7 Å². The minimum atomic E-state index is 0.126. The van der Waals surface area contributed by atoms with Gasteiger partial charge in [0.1, 0.15) is 0 Å². The number of halogens is 1. The molecule has 1 aliphatic carbocycles. The molecule has 88 valence electrons. The van der Waals surface area contributed by atoms with E-state index in [9.17, 15) is 0 Å². The van der Waals surface area contributed by atoms with Gasteiger partial charge in [-0.15, -0.1) is 5.10 Å². The topological polar surface area (TPSA) is 56.7 Å². The Balaban J connectivity index is 2.41. The second-order valence-electron chi connectivity index (χ2n) is 5.25. The van der Waals surface area contributed by atoms with Crippen molar-refractivity contribution in [3.8, 4) is 0 Å². The molecule has 0 fully saturated rings. The highest BCUT2D eigenvalue weighted by Crippen LogP contribution is 2.40. The molecule has 0 saturated carbocycles. The lowest BCUT2D eigenvalue weighted by Crippen LogP contribution is -2.31. The van der Waals surface area contributed by atoms with Gasteiger partial charge in [0.15, 0.2) is 4.60 Å². The van der Waals surface area contributed by atoms with Crippen LogP contribution in [0, 0.1) is 5.41 Å². The van der Waals surface area contributed by atoms with Crippen molar-refractivity contribution < 1.29 is 0 Å². The maximum atomic E-state index is 6.07. The Morgan fingerprint density at radius 3 is 2.75 bits per heavy atom. The van der Waals surface area contributed by atoms with Gasteiger partial charge in [0.25, 0.3) is 0 Å². The number of hydrogen-bond donors (Lipinski definition) is 1. The summed E-state index contributed by atoms with van der Waals surface area (Å²) in [5.74, 6) is 0. The zero-order chi connectivity index (χ0) is 11.9. The monoisotopic (exact) mass is 284 g/mol. The third-order valence-corrected chi connectivity index (χ3v) is 3.50. The summed E-state index contributed by atoms with van der Waals surface area (Å²) in [5, 5.41) is 8.01. The van der Waals surface area contributed by atoms with Crippen molar-refractivity contribution >= 4 is 21.5 Å². The van der Waals surface area contributed by atoms with Crippen LogP contribution in [0.4, 0.5) is 0 Å². The molecule has 5 heteroatoms. The van der Waals surface area contributed by atoms with Gasteiger partial charge in [0, 0.05) is 13.1 Å². The number of rotatable bonds is 1. The van der Waals surface area contributed by atoms with Gasteiger partial charge in [0.05, 0.1) is 5.69 Å². The fraction of sp³-hybridized carbons (Fsp3) is 0.636. The highest BCUT2D eigenvalue weighted by atomic mass is 79.9. The summed E-state index contributed by atoms with van der Waals surface area (Å²) in [7, 11) is 1.90. The summed E-state index contributed by atoms with van der Waals surface area (Å²) in [6, 6.07) is 0.126. The molecule has 0 aromatic carbocycles. The van der Waals surface area contributed by atoms with E-state index in [2.05, 4.69) is 46.2 Å². The number of aromatic nitrogens is 3. The van der Waals surface area contributed by atoms with E-state index < -0.39 is 0 Å². The number of aryl methyl sites for hydroxylation is 1. The highest BCUT2D eigenvalue weighted by molar-refractivity contribution is 9.10. The Bertz CT molecular complexity index is 414. The van der Waals surface area contributed by atoms with E-state index in [1.54, 1.807) is 4.68 Å². The normalized spacial score (nSPS) is 24.3. The van der Waals surface area contributed by atoms with Crippen LogP contribution < -0.4 is 5.73 Å². The molecule has 0 saturated heterocycles. The number of allylic oxidation sites excluding steroid dienone is 1. The molecule has 0 radical (unpaired) electrons. The molecule has 1 aliphatic rings. The molecule has 1 unspecified atom stereocenters. The van der Waals surface area contributed by atoms with E-state index in [0.29, 0.717) is 0 Å². The van der Waals surface area contributed by atoms with Crippen LogP contribution in [0.2, 0.25) is 0 Å². The van der Waals surface area contributed by atoms with E-state index in [4.69, 9.17) is 5.73 Å². The van der Waals surface area contributed by atoms with Crippen LogP contribution in [0.3, 0.4) is 0 Å². The summed E-state index contributed by atoms with van der Waals surface area (Å²) in [4.78, 5) is 0. The molecule has 0 aliphatic heterocycles. The molecule has 4 nitrogen and oxygen atoms in total. The predicted octanol–water partition coefficient (Wildman–Crippen LogP) is 2.11. The first kappa shape index (κ1) is 11.8. The van der Waals surface area contributed by atoms with E-state index >= 15 is 0 Å². The minimum absolute atomic E-state index is 0.126. The van der Waals surface area contributed by atoms with E-state index in [1.807, 2.05) is 7.05 Å². The number of nitrogens with zero attached hydrogens (tertiary/aromatic N) is 3. The molecule has 1 atom stereocenters. The maximum Gasteiger partial charge on any atom is 0.155 e. The van der Waals surface area contributed by atoms with Gasteiger partial charge in [0.2, 0.25) is 0 Å². The highest BCUT2D eigenvalue weighted by Gasteiger charge is 2.29. The molecule has 16 heavy (non-hydrogen) atoms. The molecule has 1 aromatic rings. The lowest BCUT2D eigenvalue weighted by molar-refractivity contribution is 0.318. The first-order valence-corrected chi connectivity index (χ1v) is 6.20. The first-order valence-electron chi connectivity index (χ1n) is 5.41. The Labute approximate surface area is 104 Å². The molecule has 0 amide bonds. The maximum absolute atomic E-state index is 6.07. The minimum Gasteiger partial charge on any atom is -0.324 e. The molecular formula is C11H17BrN4. The van der Waals surface area contributed by atoms with E-state index in [1.165, 1.54) is 5.57 Å². The molecule has 2 rings (SSSR count). The van der Waals surface area contributed by atoms with Gasteiger partial charge < -0.3 is 5.73 Å². The Morgan fingerprint density at radius 2 is 2.25 bits per heavy atom. The zero-order valence-electron chi connectivity index (χ0n) is 9.87. The standard InChI is InChI=1S/C11H17BrN4/c1-11(2)5-7(4-8(13)6-11)9-10(12)14-15-16(9)3/h4,8H,5-6,13H2,1-3H3. The SMILES string of the molecule is Cn1nnc(Br)c1C1=CC(N)CC(C)(C)C1. The van der Waals surface area contributed by atoms with Crippen molar-refractivity contribution in [1.82, 2.24) is 15.0 Å². The van der Waals surface area contributed by atoms with Crippen LogP contribution in [0.25, 0.3) is 5.57 Å². The average Bonchev–Trinajstić information content (AvgIpc) is 2.42. The zero-order valence-corrected chi connectivity index (χ0v) is 11.5. The first-order chi connectivity index (χ1) is 7.39. The van der Waals surface area contributed by atoms with Crippen LogP contribution in [-0.4, -0.2) is 21.0 Å². The van der Waals surface area contributed by atoms with Gasteiger partial charge in [-0.3, -0.25) is 0 Å². The average molecular weight is 285 g/mol. The van der Waals surface area contributed by atoms with Gasteiger partial charge in [-0.25, -0.2) is 4.68 Å². The summed E-state index contributed by atoms with van der Waals surface area (Å²) in [6.45, 7) is 4.50. The molecule has 1 aromatic heterocycles. The lowest BCUT2D eigenvalue weighted by atomic mass is 9.75. The van der Waals surface area contributed by atoms with Crippen molar-refractivity contribution in [2.75, 3.05) is 0 Å². The van der Waals surface area contributed by atoms with Crippen LogP contribution in [0.15, 0.2) is 10.7 Å². The fourth-order valence-corrected chi connectivity index (χ4v) is 3.02. The van der Waals surface area contributed by atoms with Crippen molar-refractivity contribution in [2.24, 2.45) is 18.2 Å². The van der Waals surface area contributed by atoms with Gasteiger partial charge in [-0.1, -0.05) is 25.1 Å². The summed E-state index contributed by atoms with van der Waals surface area (Å²) < 4.78 is 2.59. The molecule has 0 bridgehead atoms. The van der Waals surface area contributed by atoms with Crippen LogP contribution in [-0.2, 0) is 7.05 Å². The van der Waals surface area contributed by atoms with Crippen molar-refractivity contribution in [3.05, 3.63) is 16.4 Å². The summed E-state index contributed by atoms with van der Waals surface area (Å²) >= 11 is 3.43. The summed E-state index contributed by atoms with van der Waals surface area (Å²) in [5.41, 5.74) is 8.59. The van der Waals surface area contributed by atoms with Crippen LogP contribution in [0.5, 0.6) is 0 Å². The van der Waals surface area contributed by atoms with E-state index in [0.717, 1.165) is 23.1 Å². The van der Waals surface area contributed by atoms with Crippen LogP contribution >= 0.6 is 15.9 Å².